The summed E-state index contributed by atoms with van der Waals surface area (Å²) in [5.74, 6) is -1.03. The number of rotatable bonds is 6. The monoisotopic (exact) mass is 230 g/mol. The maximum atomic E-state index is 11.2. The summed E-state index contributed by atoms with van der Waals surface area (Å²) in [4.78, 5) is 21.3. The molecule has 1 amide bonds. The summed E-state index contributed by atoms with van der Waals surface area (Å²) in [7, 11) is 0. The van der Waals surface area contributed by atoms with Crippen molar-refractivity contribution in [1.29, 1.82) is 0 Å². The molecule has 0 heterocycles. The fourth-order valence-electron chi connectivity index (χ4n) is 1.08. The second kappa shape index (κ2) is 7.09. The van der Waals surface area contributed by atoms with Crippen molar-refractivity contribution in [2.75, 3.05) is 6.54 Å². The van der Waals surface area contributed by atoms with E-state index >= 15 is 0 Å². The van der Waals surface area contributed by atoms with Crippen LogP contribution >= 0.6 is 0 Å². The lowest BCUT2D eigenvalue weighted by Crippen LogP contribution is -2.33. The van der Waals surface area contributed by atoms with E-state index in [1.54, 1.807) is 20.8 Å². The molecule has 0 aliphatic carbocycles. The molecule has 1 N–H and O–H groups in total. The fourth-order valence-corrected chi connectivity index (χ4v) is 1.08. The Kier molecular flexibility index (Phi) is 6.53. The molecular weight excluding hydrogens is 210 g/mol. The molecule has 0 aromatic carbocycles. The van der Waals surface area contributed by atoms with Crippen molar-refractivity contribution in [2.24, 2.45) is 0 Å². The quantitative estimate of drug-likeness (QED) is 0.685. The minimum absolute atomic E-state index is 0.0758. The molecule has 0 spiro atoms. The van der Waals surface area contributed by atoms with Gasteiger partial charge in [0.15, 0.2) is 0 Å². The molecule has 0 aliphatic heterocycles. The van der Waals surface area contributed by atoms with E-state index in [0.717, 1.165) is 12.8 Å². The van der Waals surface area contributed by atoms with Crippen LogP contribution in [-0.2, 0) is 9.53 Å². The van der Waals surface area contributed by atoms with Gasteiger partial charge < -0.3 is 20.0 Å². The van der Waals surface area contributed by atoms with Gasteiger partial charge in [0.25, 0.3) is 0 Å². The number of unbranched alkanes of at least 4 members (excludes halogenated alkanes) is 2. The maximum Gasteiger partial charge on any atom is 0.407 e. The lowest BCUT2D eigenvalue weighted by molar-refractivity contribution is -0.305. The summed E-state index contributed by atoms with van der Waals surface area (Å²) in [6.07, 6.45) is 1.72. The molecule has 0 unspecified atom stereocenters. The molecule has 0 aliphatic rings. The number of carbonyl (C=O) groups is 2. The van der Waals surface area contributed by atoms with Gasteiger partial charge in [-0.3, -0.25) is 0 Å². The second-order valence-electron chi connectivity index (χ2n) is 4.61. The lowest BCUT2D eigenvalue weighted by Gasteiger charge is -2.19. The lowest BCUT2D eigenvalue weighted by atomic mass is 10.2. The van der Waals surface area contributed by atoms with Crippen molar-refractivity contribution in [3.05, 3.63) is 0 Å². The van der Waals surface area contributed by atoms with Gasteiger partial charge in [0.1, 0.15) is 5.60 Å². The molecule has 5 nitrogen and oxygen atoms in total. The maximum absolute atomic E-state index is 11.2. The van der Waals surface area contributed by atoms with Gasteiger partial charge in [-0.1, -0.05) is 6.42 Å². The van der Waals surface area contributed by atoms with Crippen LogP contribution in [0.4, 0.5) is 4.79 Å². The Morgan fingerprint density at radius 3 is 2.31 bits per heavy atom. The van der Waals surface area contributed by atoms with Gasteiger partial charge in [0, 0.05) is 12.5 Å². The molecule has 0 saturated heterocycles. The van der Waals surface area contributed by atoms with E-state index in [9.17, 15) is 14.7 Å². The number of hydrogen-bond acceptors (Lipinski definition) is 4. The molecule has 0 aromatic rings. The van der Waals surface area contributed by atoms with Gasteiger partial charge in [0.2, 0.25) is 0 Å². The highest BCUT2D eigenvalue weighted by Gasteiger charge is 2.15. The van der Waals surface area contributed by atoms with Gasteiger partial charge in [-0.25, -0.2) is 4.79 Å². The molecule has 0 aromatic heterocycles. The van der Waals surface area contributed by atoms with Crippen molar-refractivity contribution in [3.63, 3.8) is 0 Å². The molecule has 0 radical (unpaired) electrons. The van der Waals surface area contributed by atoms with Crippen LogP contribution in [0.3, 0.4) is 0 Å². The number of carboxylic acids is 1. The highest BCUT2D eigenvalue weighted by molar-refractivity contribution is 5.67. The zero-order valence-corrected chi connectivity index (χ0v) is 10.2. The van der Waals surface area contributed by atoms with E-state index < -0.39 is 17.7 Å². The van der Waals surface area contributed by atoms with E-state index in [1.807, 2.05) is 0 Å². The largest absolute Gasteiger partial charge is 0.550 e. The highest BCUT2D eigenvalue weighted by Crippen LogP contribution is 2.06. The Labute approximate surface area is 96.2 Å². The number of carboxylic acid groups (broad SMARTS) is 1. The number of amides is 1. The Bertz CT molecular complexity index is 233. The molecule has 5 heteroatoms. The van der Waals surface area contributed by atoms with Gasteiger partial charge in [-0.2, -0.15) is 0 Å². The van der Waals surface area contributed by atoms with Crippen molar-refractivity contribution >= 4 is 12.1 Å². The molecule has 0 bridgehead atoms. The minimum atomic E-state index is -1.03. The van der Waals surface area contributed by atoms with Crippen LogP contribution in [0, 0.1) is 0 Å². The third-order valence-electron chi connectivity index (χ3n) is 1.73. The van der Waals surface area contributed by atoms with Crippen LogP contribution in [-0.4, -0.2) is 24.2 Å². The molecule has 0 fully saturated rings. The zero-order chi connectivity index (χ0) is 12.6. The molecule has 0 rings (SSSR count). The third kappa shape index (κ3) is 10.8. The third-order valence-corrected chi connectivity index (χ3v) is 1.73. The number of alkyl carbamates (subject to hydrolysis) is 1. The van der Waals surface area contributed by atoms with Crippen LogP contribution < -0.4 is 10.4 Å². The van der Waals surface area contributed by atoms with E-state index in [2.05, 4.69) is 5.32 Å². The number of hydrogen-bond donors (Lipinski definition) is 1. The standard InChI is InChI=1S/C11H21NO4/c1-11(2,3)16-10(15)12-8-6-4-5-7-9(13)14/h4-8H2,1-3H3,(H,12,15)(H,13,14)/p-1. The van der Waals surface area contributed by atoms with Crippen LogP contribution in [0.15, 0.2) is 0 Å². The molecular formula is C11H20NO4-. The smallest absolute Gasteiger partial charge is 0.407 e. The summed E-state index contributed by atoms with van der Waals surface area (Å²) in [6, 6.07) is 0. The van der Waals surface area contributed by atoms with Crippen LogP contribution in [0.5, 0.6) is 0 Å². The van der Waals surface area contributed by atoms with Crippen molar-refractivity contribution in [2.45, 2.75) is 52.1 Å². The summed E-state index contributed by atoms with van der Waals surface area (Å²) < 4.78 is 5.03. The van der Waals surface area contributed by atoms with Gasteiger partial charge >= 0.3 is 6.09 Å². The Morgan fingerprint density at radius 1 is 1.19 bits per heavy atom. The van der Waals surface area contributed by atoms with Crippen molar-refractivity contribution in [3.8, 4) is 0 Å². The van der Waals surface area contributed by atoms with Gasteiger partial charge in [-0.05, 0) is 40.0 Å². The summed E-state index contributed by atoms with van der Waals surface area (Å²) in [6.45, 7) is 5.90. The van der Waals surface area contributed by atoms with E-state index in [-0.39, 0.29) is 6.42 Å². The predicted molar refractivity (Wildman–Crippen MR) is 57.7 cm³/mol. The Hall–Kier alpha value is -1.26. The van der Waals surface area contributed by atoms with E-state index in [4.69, 9.17) is 4.74 Å². The minimum Gasteiger partial charge on any atom is -0.550 e. The molecule has 0 saturated carbocycles. The molecule has 94 valence electrons. The van der Waals surface area contributed by atoms with E-state index in [1.165, 1.54) is 0 Å². The predicted octanol–water partition coefficient (Wildman–Crippen LogP) is 0.821. The normalized spacial score (nSPS) is 10.9. The Balaban J connectivity index is 3.38. The topological polar surface area (TPSA) is 78.5 Å². The number of carbonyl (C=O) groups excluding carboxylic acids is 2. The van der Waals surface area contributed by atoms with Gasteiger partial charge in [-0.15, -0.1) is 0 Å². The van der Waals surface area contributed by atoms with Crippen molar-refractivity contribution < 1.29 is 19.4 Å². The number of nitrogens with one attached hydrogen (secondary N) is 1. The Morgan fingerprint density at radius 2 is 1.81 bits per heavy atom. The summed E-state index contributed by atoms with van der Waals surface area (Å²) in [5, 5.41) is 12.7. The van der Waals surface area contributed by atoms with Crippen molar-refractivity contribution in [1.82, 2.24) is 5.32 Å². The summed E-state index contributed by atoms with van der Waals surface area (Å²) in [5.41, 5.74) is -0.487. The van der Waals surface area contributed by atoms with Gasteiger partial charge in [0.05, 0.1) is 0 Å². The highest BCUT2D eigenvalue weighted by atomic mass is 16.6. The summed E-state index contributed by atoms with van der Waals surface area (Å²) >= 11 is 0. The van der Waals surface area contributed by atoms with Crippen LogP contribution in [0.2, 0.25) is 0 Å². The average Bonchev–Trinajstić information content (AvgIpc) is 2.07. The first-order valence-electron chi connectivity index (χ1n) is 5.48. The number of ether oxygens (including phenoxy) is 1. The number of aliphatic carboxylic acids is 1. The van der Waals surface area contributed by atoms with E-state index in [0.29, 0.717) is 13.0 Å². The fraction of sp³-hybridized carbons (Fsp3) is 0.818. The molecule has 0 atom stereocenters. The SMILES string of the molecule is CC(C)(C)OC(=O)NCCCCCC(=O)[O-]. The zero-order valence-electron chi connectivity index (χ0n) is 10.2. The van der Waals surface area contributed by atoms with Crippen LogP contribution in [0.1, 0.15) is 46.5 Å². The molecule has 16 heavy (non-hydrogen) atoms. The first-order valence-corrected chi connectivity index (χ1v) is 5.48. The first-order chi connectivity index (χ1) is 7.31. The van der Waals surface area contributed by atoms with Crippen LogP contribution in [0.25, 0.3) is 0 Å². The first kappa shape index (κ1) is 14.7. The second-order valence-corrected chi connectivity index (χ2v) is 4.61. The average molecular weight is 230 g/mol.